The van der Waals surface area contributed by atoms with Crippen LogP contribution < -0.4 is 0 Å². The zero-order valence-corrected chi connectivity index (χ0v) is 7.87. The highest BCUT2D eigenvalue weighted by molar-refractivity contribution is 8.11. The maximum Gasteiger partial charge on any atom is 0.0747 e. The molecule has 0 fully saturated rings. The summed E-state index contributed by atoms with van der Waals surface area (Å²) in [5, 5.41) is 0. The summed E-state index contributed by atoms with van der Waals surface area (Å²) in [6, 6.07) is 0. The van der Waals surface area contributed by atoms with Crippen LogP contribution in [0.1, 0.15) is 0 Å². The normalized spacial score (nSPS) is 11.5. The third kappa shape index (κ3) is 4.76. The largest absolute Gasteiger partial charge is 0.131 e. The number of allylic oxidation sites excluding steroid dienone is 5. The van der Waals surface area contributed by atoms with Gasteiger partial charge in [-0.05, 0) is 5.57 Å². The molecule has 11 heavy (non-hydrogen) atoms. The summed E-state index contributed by atoms with van der Waals surface area (Å²) in [6.07, 6.45) is 8.80. The van der Waals surface area contributed by atoms with Gasteiger partial charge >= 0.3 is 0 Å². The zero-order valence-electron chi connectivity index (χ0n) is 6.16. The van der Waals surface area contributed by atoms with E-state index in [0.717, 1.165) is 5.57 Å². The van der Waals surface area contributed by atoms with Gasteiger partial charge in [0.2, 0.25) is 0 Å². The molecular weight excluding hydrogens is 172 g/mol. The maximum atomic E-state index is 4.86. The minimum Gasteiger partial charge on any atom is -0.131 e. The summed E-state index contributed by atoms with van der Waals surface area (Å²) in [6.45, 7) is 7.11. The second-order valence-electron chi connectivity index (χ2n) is 1.76. The molecule has 0 aromatic rings. The lowest BCUT2D eigenvalue weighted by Gasteiger charge is -1.93. The molecule has 0 aromatic heterocycles. The Morgan fingerprint density at radius 1 is 1.27 bits per heavy atom. The molecule has 0 aromatic carbocycles. The van der Waals surface area contributed by atoms with E-state index >= 15 is 0 Å². The standard InChI is InChI=1S/C9H10S2/c1-3-5-7-8(6-4-2)9(10)11/h3-7H,1-2H2,(H,10,11)/b7-5-,8-6+. The molecule has 0 nitrogen and oxygen atoms in total. The van der Waals surface area contributed by atoms with E-state index in [1.807, 2.05) is 6.08 Å². The van der Waals surface area contributed by atoms with Gasteiger partial charge in [0.05, 0.1) is 4.20 Å². The van der Waals surface area contributed by atoms with Gasteiger partial charge in [-0.2, -0.15) is 0 Å². The first-order valence-corrected chi connectivity index (χ1v) is 3.93. The number of rotatable bonds is 4. The highest BCUT2D eigenvalue weighted by atomic mass is 32.1. The lowest BCUT2D eigenvalue weighted by atomic mass is 10.2. The van der Waals surface area contributed by atoms with Crippen LogP contribution in [0.15, 0.2) is 49.1 Å². The van der Waals surface area contributed by atoms with E-state index in [0.29, 0.717) is 4.20 Å². The SMILES string of the molecule is C=C/C=C\C(=C/C=C)C(=S)S. The molecule has 0 radical (unpaired) electrons. The van der Waals surface area contributed by atoms with Crippen LogP contribution in [0.25, 0.3) is 0 Å². The molecule has 0 spiro atoms. The molecule has 0 rings (SSSR count). The molecule has 0 atom stereocenters. The smallest absolute Gasteiger partial charge is 0.0747 e. The van der Waals surface area contributed by atoms with Gasteiger partial charge in [-0.3, -0.25) is 0 Å². The van der Waals surface area contributed by atoms with Crippen molar-refractivity contribution in [1.29, 1.82) is 0 Å². The molecule has 0 saturated heterocycles. The summed E-state index contributed by atoms with van der Waals surface area (Å²) < 4.78 is 0.558. The van der Waals surface area contributed by atoms with E-state index in [-0.39, 0.29) is 0 Å². The summed E-state index contributed by atoms with van der Waals surface area (Å²) in [5.74, 6) is 0. The Morgan fingerprint density at radius 3 is 2.27 bits per heavy atom. The van der Waals surface area contributed by atoms with Crippen LogP contribution in [0.5, 0.6) is 0 Å². The van der Waals surface area contributed by atoms with Crippen LogP contribution in [-0.4, -0.2) is 4.20 Å². The zero-order chi connectivity index (χ0) is 8.69. The Morgan fingerprint density at radius 2 is 1.91 bits per heavy atom. The van der Waals surface area contributed by atoms with E-state index in [1.165, 1.54) is 0 Å². The Kier molecular flexibility index (Phi) is 5.80. The number of hydrogen-bond donors (Lipinski definition) is 1. The summed E-state index contributed by atoms with van der Waals surface area (Å²) in [7, 11) is 0. The van der Waals surface area contributed by atoms with Gasteiger partial charge in [0, 0.05) is 0 Å². The predicted molar refractivity (Wildman–Crippen MR) is 59.2 cm³/mol. The Balaban J connectivity index is 4.47. The molecule has 0 N–H and O–H groups in total. The lowest BCUT2D eigenvalue weighted by molar-refractivity contribution is 1.82. The Hall–Kier alpha value is -0.600. The van der Waals surface area contributed by atoms with Gasteiger partial charge in [0.1, 0.15) is 0 Å². The topological polar surface area (TPSA) is 0 Å². The summed E-state index contributed by atoms with van der Waals surface area (Å²) >= 11 is 8.89. The van der Waals surface area contributed by atoms with Crippen LogP contribution in [-0.2, 0) is 0 Å². The molecule has 0 bridgehead atoms. The fourth-order valence-electron chi connectivity index (χ4n) is 0.497. The molecule has 0 aliphatic carbocycles. The fourth-order valence-corrected chi connectivity index (χ4v) is 0.782. The van der Waals surface area contributed by atoms with Crippen molar-refractivity contribution in [2.75, 3.05) is 0 Å². The van der Waals surface area contributed by atoms with Crippen LogP contribution in [0.4, 0.5) is 0 Å². The minimum absolute atomic E-state index is 0.558. The van der Waals surface area contributed by atoms with Gasteiger partial charge in [-0.15, -0.1) is 12.6 Å². The van der Waals surface area contributed by atoms with Gasteiger partial charge in [-0.1, -0.05) is 55.8 Å². The van der Waals surface area contributed by atoms with Crippen LogP contribution in [0.2, 0.25) is 0 Å². The van der Waals surface area contributed by atoms with E-state index in [2.05, 4.69) is 25.8 Å². The van der Waals surface area contributed by atoms with Crippen LogP contribution in [0, 0.1) is 0 Å². The van der Waals surface area contributed by atoms with Gasteiger partial charge in [-0.25, -0.2) is 0 Å². The highest BCUT2D eigenvalue weighted by Crippen LogP contribution is 2.04. The van der Waals surface area contributed by atoms with E-state index in [9.17, 15) is 0 Å². The second-order valence-corrected chi connectivity index (χ2v) is 2.92. The van der Waals surface area contributed by atoms with Crippen molar-refractivity contribution in [1.82, 2.24) is 0 Å². The molecular formula is C9H10S2. The first kappa shape index (κ1) is 10.4. The van der Waals surface area contributed by atoms with Crippen molar-refractivity contribution in [3.63, 3.8) is 0 Å². The third-order valence-corrected chi connectivity index (χ3v) is 1.45. The average molecular weight is 182 g/mol. The third-order valence-electron chi connectivity index (χ3n) is 0.956. The molecule has 58 valence electrons. The van der Waals surface area contributed by atoms with Gasteiger partial charge in [0.25, 0.3) is 0 Å². The monoisotopic (exact) mass is 182 g/mol. The highest BCUT2D eigenvalue weighted by Gasteiger charge is 1.91. The van der Waals surface area contributed by atoms with Crippen LogP contribution in [0.3, 0.4) is 0 Å². The Labute approximate surface area is 78.4 Å². The van der Waals surface area contributed by atoms with Crippen molar-refractivity contribution < 1.29 is 0 Å². The molecule has 0 saturated carbocycles. The summed E-state index contributed by atoms with van der Waals surface area (Å²) in [5.41, 5.74) is 0.873. The average Bonchev–Trinajstić information content (AvgIpc) is 1.97. The van der Waals surface area contributed by atoms with Crippen molar-refractivity contribution in [3.8, 4) is 0 Å². The van der Waals surface area contributed by atoms with Crippen molar-refractivity contribution >= 4 is 29.0 Å². The minimum atomic E-state index is 0.558. The first-order valence-electron chi connectivity index (χ1n) is 3.07. The number of thiocarbonyl (C=S) groups is 1. The molecule has 2 heteroatoms. The quantitative estimate of drug-likeness (QED) is 0.302. The fraction of sp³-hybridized carbons (Fsp3) is 0. The lowest BCUT2D eigenvalue weighted by Crippen LogP contribution is -1.84. The molecule has 0 aliphatic heterocycles. The summed E-state index contributed by atoms with van der Waals surface area (Å²) in [4.78, 5) is 0. The Bertz CT molecular complexity index is 222. The van der Waals surface area contributed by atoms with Crippen molar-refractivity contribution in [3.05, 3.63) is 49.1 Å². The second kappa shape index (κ2) is 6.13. The van der Waals surface area contributed by atoms with Crippen molar-refractivity contribution in [2.24, 2.45) is 0 Å². The predicted octanol–water partition coefficient (Wildman–Crippen LogP) is 3.10. The van der Waals surface area contributed by atoms with Crippen molar-refractivity contribution in [2.45, 2.75) is 0 Å². The van der Waals surface area contributed by atoms with Gasteiger partial charge in [0.15, 0.2) is 0 Å². The first-order chi connectivity index (χ1) is 5.22. The number of thiol groups is 1. The molecule has 0 aliphatic rings. The van der Waals surface area contributed by atoms with Gasteiger partial charge < -0.3 is 0 Å². The molecule has 0 amide bonds. The van der Waals surface area contributed by atoms with E-state index in [4.69, 9.17) is 12.2 Å². The van der Waals surface area contributed by atoms with E-state index in [1.54, 1.807) is 24.3 Å². The maximum absolute atomic E-state index is 4.86. The molecule has 0 unspecified atom stereocenters. The number of hydrogen-bond acceptors (Lipinski definition) is 1. The van der Waals surface area contributed by atoms with Crippen LogP contribution >= 0.6 is 24.8 Å². The molecule has 0 heterocycles. The van der Waals surface area contributed by atoms with E-state index < -0.39 is 0 Å².